The Balaban J connectivity index is 2.71. The lowest BCUT2D eigenvalue weighted by Crippen LogP contribution is -2.53. The first-order valence-corrected chi connectivity index (χ1v) is 7.32. The van der Waals surface area contributed by atoms with Crippen LogP contribution in [0.1, 0.15) is 26.0 Å². The molecule has 9 heteroatoms. The molecule has 0 aliphatic carbocycles. The smallest absolute Gasteiger partial charge is 0.322 e. The van der Waals surface area contributed by atoms with E-state index in [1.54, 1.807) is 0 Å². The summed E-state index contributed by atoms with van der Waals surface area (Å²) in [4.78, 5) is 41.4. The summed E-state index contributed by atoms with van der Waals surface area (Å²) in [6.07, 6.45) is 3.62. The second-order valence-corrected chi connectivity index (χ2v) is 5.69. The van der Waals surface area contributed by atoms with Gasteiger partial charge in [0, 0.05) is 18.3 Å². The van der Waals surface area contributed by atoms with E-state index in [9.17, 15) is 14.4 Å². The van der Waals surface area contributed by atoms with Crippen molar-refractivity contribution < 1.29 is 19.5 Å². The number of nitrogens with zero attached hydrogens (tertiary/aromatic N) is 1. The molecule has 0 spiro atoms. The molecular weight excluding hydrogens is 302 g/mol. The molecule has 6 N–H and O–H groups in total. The summed E-state index contributed by atoms with van der Waals surface area (Å²) in [5.41, 5.74) is 6.44. The number of carboxylic acids is 1. The van der Waals surface area contributed by atoms with E-state index >= 15 is 0 Å². The van der Waals surface area contributed by atoms with Gasteiger partial charge in [0.25, 0.3) is 0 Å². The van der Waals surface area contributed by atoms with Gasteiger partial charge in [0.1, 0.15) is 12.6 Å². The number of H-pyrrole nitrogens is 1. The third kappa shape index (κ3) is 6.92. The maximum Gasteiger partial charge on any atom is 0.322 e. The molecule has 128 valence electrons. The second-order valence-electron chi connectivity index (χ2n) is 5.69. The Hall–Kier alpha value is -2.42. The van der Waals surface area contributed by atoms with Crippen LogP contribution in [0.4, 0.5) is 0 Å². The minimum atomic E-state index is -1.17. The topological polar surface area (TPSA) is 150 Å². The van der Waals surface area contributed by atoms with Gasteiger partial charge < -0.3 is 26.5 Å². The third-order valence-electron chi connectivity index (χ3n) is 3.09. The number of aliphatic carboxylic acids is 1. The van der Waals surface area contributed by atoms with Crippen molar-refractivity contribution in [3.63, 3.8) is 0 Å². The minimum absolute atomic E-state index is 0.158. The fourth-order valence-electron chi connectivity index (χ4n) is 2.01. The van der Waals surface area contributed by atoms with Crippen molar-refractivity contribution in [1.82, 2.24) is 20.6 Å². The first-order valence-electron chi connectivity index (χ1n) is 7.32. The molecule has 1 rings (SSSR count). The van der Waals surface area contributed by atoms with Gasteiger partial charge >= 0.3 is 5.97 Å². The van der Waals surface area contributed by atoms with Crippen LogP contribution in [0.3, 0.4) is 0 Å². The number of imidazole rings is 1. The highest BCUT2D eigenvalue weighted by atomic mass is 16.4. The van der Waals surface area contributed by atoms with Crippen LogP contribution in [0.5, 0.6) is 0 Å². The lowest BCUT2D eigenvalue weighted by atomic mass is 10.0. The van der Waals surface area contributed by atoms with Crippen molar-refractivity contribution in [1.29, 1.82) is 0 Å². The number of carbonyl (C=O) groups is 3. The van der Waals surface area contributed by atoms with E-state index in [1.165, 1.54) is 12.5 Å². The summed E-state index contributed by atoms with van der Waals surface area (Å²) in [7, 11) is 0. The van der Waals surface area contributed by atoms with Crippen molar-refractivity contribution >= 4 is 17.8 Å². The van der Waals surface area contributed by atoms with E-state index in [2.05, 4.69) is 20.6 Å². The molecule has 1 aromatic rings. The number of hydrogen-bond acceptors (Lipinski definition) is 5. The van der Waals surface area contributed by atoms with Crippen LogP contribution in [0.15, 0.2) is 12.5 Å². The van der Waals surface area contributed by atoms with Gasteiger partial charge in [-0.2, -0.15) is 0 Å². The summed E-state index contributed by atoms with van der Waals surface area (Å²) in [5.74, 6) is -1.97. The van der Waals surface area contributed by atoms with Crippen molar-refractivity contribution in [2.24, 2.45) is 11.7 Å². The number of nitrogens with one attached hydrogen (secondary N) is 3. The van der Waals surface area contributed by atoms with E-state index in [-0.39, 0.29) is 12.3 Å². The molecule has 9 nitrogen and oxygen atoms in total. The van der Waals surface area contributed by atoms with E-state index in [0.717, 1.165) is 0 Å². The van der Waals surface area contributed by atoms with Crippen LogP contribution >= 0.6 is 0 Å². The minimum Gasteiger partial charge on any atom is -0.480 e. The van der Waals surface area contributed by atoms with Gasteiger partial charge in [-0.05, 0) is 12.3 Å². The molecular formula is C14H23N5O4. The summed E-state index contributed by atoms with van der Waals surface area (Å²) in [6.45, 7) is 3.36. The standard InChI is InChI=1S/C14H23N5O4/c1-8(2)3-10(15)13(22)19-11(4-9-5-16-7-18-9)14(23)17-6-12(20)21/h5,7-8,10-11H,3-4,6,15H2,1-2H3,(H,16,18)(H,17,23)(H,19,22)(H,20,21). The van der Waals surface area contributed by atoms with Crippen LogP contribution in [-0.4, -0.2) is 51.5 Å². The molecule has 0 bridgehead atoms. The summed E-state index contributed by atoms with van der Waals surface area (Å²) in [6, 6.07) is -1.66. The Labute approximate surface area is 134 Å². The van der Waals surface area contributed by atoms with Gasteiger partial charge in [-0.1, -0.05) is 13.8 Å². The zero-order valence-electron chi connectivity index (χ0n) is 13.2. The normalized spacial score (nSPS) is 13.4. The predicted molar refractivity (Wildman–Crippen MR) is 82.3 cm³/mol. The SMILES string of the molecule is CC(C)CC(N)C(=O)NC(Cc1cnc[nH]1)C(=O)NCC(=O)O. The molecule has 2 atom stereocenters. The van der Waals surface area contributed by atoms with Gasteiger partial charge in [-0.3, -0.25) is 14.4 Å². The maximum atomic E-state index is 12.1. The van der Waals surface area contributed by atoms with Crippen LogP contribution in [0.25, 0.3) is 0 Å². The van der Waals surface area contributed by atoms with E-state index < -0.39 is 36.4 Å². The monoisotopic (exact) mass is 325 g/mol. The molecule has 0 fully saturated rings. The average molecular weight is 325 g/mol. The number of hydrogen-bond donors (Lipinski definition) is 5. The Morgan fingerprint density at radius 3 is 2.57 bits per heavy atom. The zero-order valence-corrected chi connectivity index (χ0v) is 13.2. The summed E-state index contributed by atoms with van der Waals surface area (Å²) >= 11 is 0. The lowest BCUT2D eigenvalue weighted by molar-refractivity contribution is -0.138. The van der Waals surface area contributed by atoms with Crippen LogP contribution in [0.2, 0.25) is 0 Å². The highest BCUT2D eigenvalue weighted by Crippen LogP contribution is 2.04. The fourth-order valence-corrected chi connectivity index (χ4v) is 2.01. The molecule has 0 saturated heterocycles. The predicted octanol–water partition coefficient (Wildman–Crippen LogP) is -0.989. The number of aromatic nitrogens is 2. The van der Waals surface area contributed by atoms with Crippen LogP contribution in [0, 0.1) is 5.92 Å². The number of amides is 2. The third-order valence-corrected chi connectivity index (χ3v) is 3.09. The van der Waals surface area contributed by atoms with E-state index in [0.29, 0.717) is 12.1 Å². The van der Waals surface area contributed by atoms with Gasteiger partial charge in [0.05, 0.1) is 12.4 Å². The Bertz CT molecular complexity index is 529. The van der Waals surface area contributed by atoms with Crippen molar-refractivity contribution in [3.8, 4) is 0 Å². The summed E-state index contributed by atoms with van der Waals surface area (Å²) in [5, 5.41) is 13.5. The maximum absolute atomic E-state index is 12.1. The number of carbonyl (C=O) groups excluding carboxylic acids is 2. The molecule has 2 amide bonds. The molecule has 0 saturated carbocycles. The number of carboxylic acid groups (broad SMARTS) is 1. The van der Waals surface area contributed by atoms with Gasteiger partial charge in [-0.15, -0.1) is 0 Å². The molecule has 0 radical (unpaired) electrons. The molecule has 0 aliphatic heterocycles. The largest absolute Gasteiger partial charge is 0.480 e. The molecule has 1 heterocycles. The van der Waals surface area contributed by atoms with E-state index in [4.69, 9.17) is 10.8 Å². The fraction of sp³-hybridized carbons (Fsp3) is 0.571. The quantitative estimate of drug-likeness (QED) is 0.393. The molecule has 1 aromatic heterocycles. The second kappa shape index (κ2) is 8.89. The Morgan fingerprint density at radius 1 is 1.35 bits per heavy atom. The van der Waals surface area contributed by atoms with Crippen LogP contribution in [-0.2, 0) is 20.8 Å². The van der Waals surface area contributed by atoms with E-state index in [1.807, 2.05) is 13.8 Å². The summed E-state index contributed by atoms with van der Waals surface area (Å²) < 4.78 is 0. The zero-order chi connectivity index (χ0) is 17.4. The Kier molecular flexibility index (Phi) is 7.20. The first kappa shape index (κ1) is 18.6. The Morgan fingerprint density at radius 2 is 2.04 bits per heavy atom. The molecule has 0 aliphatic rings. The molecule has 23 heavy (non-hydrogen) atoms. The number of nitrogens with two attached hydrogens (primary N) is 1. The van der Waals surface area contributed by atoms with Gasteiger partial charge in [-0.25, -0.2) is 4.98 Å². The highest BCUT2D eigenvalue weighted by molar-refractivity contribution is 5.91. The van der Waals surface area contributed by atoms with Gasteiger partial charge in [0.2, 0.25) is 11.8 Å². The number of aromatic amines is 1. The first-order chi connectivity index (χ1) is 10.8. The highest BCUT2D eigenvalue weighted by Gasteiger charge is 2.25. The average Bonchev–Trinajstić information content (AvgIpc) is 2.96. The van der Waals surface area contributed by atoms with Crippen molar-refractivity contribution in [3.05, 3.63) is 18.2 Å². The van der Waals surface area contributed by atoms with Crippen molar-refractivity contribution in [2.45, 2.75) is 38.8 Å². The number of rotatable bonds is 9. The van der Waals surface area contributed by atoms with Gasteiger partial charge in [0.15, 0.2) is 0 Å². The molecule has 0 aromatic carbocycles. The molecule has 2 unspecified atom stereocenters. The van der Waals surface area contributed by atoms with Crippen molar-refractivity contribution in [2.75, 3.05) is 6.54 Å². The lowest BCUT2D eigenvalue weighted by Gasteiger charge is -2.20. The van der Waals surface area contributed by atoms with Crippen LogP contribution < -0.4 is 16.4 Å².